The van der Waals surface area contributed by atoms with Crippen LogP contribution in [0.25, 0.3) is 0 Å². The Kier molecular flexibility index (Phi) is 6.68. The first-order chi connectivity index (χ1) is 9.10. The van der Waals surface area contributed by atoms with Gasteiger partial charge in [0, 0.05) is 30.8 Å². The van der Waals surface area contributed by atoms with Crippen LogP contribution in [0.4, 0.5) is 0 Å². The normalized spacial score (nSPS) is 19.8. The summed E-state index contributed by atoms with van der Waals surface area (Å²) in [5, 5.41) is 0. The highest BCUT2D eigenvalue weighted by Crippen LogP contribution is 2.27. The van der Waals surface area contributed by atoms with Crippen molar-refractivity contribution in [2.75, 3.05) is 19.7 Å². The highest BCUT2D eigenvalue weighted by Gasteiger charge is 2.23. The van der Waals surface area contributed by atoms with Gasteiger partial charge in [0.1, 0.15) is 0 Å². The number of likely N-dealkylation sites (tertiary alicyclic amines) is 1. The summed E-state index contributed by atoms with van der Waals surface area (Å²) >= 11 is 0. The molecule has 0 radical (unpaired) electrons. The quantitative estimate of drug-likeness (QED) is 0.419. The van der Waals surface area contributed by atoms with E-state index in [4.69, 9.17) is 4.74 Å². The van der Waals surface area contributed by atoms with Crippen LogP contribution in [0.5, 0.6) is 0 Å². The van der Waals surface area contributed by atoms with Gasteiger partial charge < -0.3 is 9.64 Å². The van der Waals surface area contributed by atoms with E-state index in [0.29, 0.717) is 18.4 Å². The van der Waals surface area contributed by atoms with Gasteiger partial charge >= 0.3 is 5.97 Å². The molecule has 3 heteroatoms. The number of hydrogen-bond donors (Lipinski definition) is 0. The summed E-state index contributed by atoms with van der Waals surface area (Å²) < 4.78 is 5.06. The van der Waals surface area contributed by atoms with Crippen molar-refractivity contribution in [1.82, 2.24) is 4.90 Å². The molecule has 0 bridgehead atoms. The van der Waals surface area contributed by atoms with Crippen molar-refractivity contribution in [3.63, 3.8) is 0 Å². The van der Waals surface area contributed by atoms with Gasteiger partial charge in [-0.25, -0.2) is 4.79 Å². The Bertz CT molecular complexity index is 341. The van der Waals surface area contributed by atoms with Gasteiger partial charge in [-0.15, -0.1) is 0 Å². The molecule has 3 nitrogen and oxygen atoms in total. The average Bonchev–Trinajstić information content (AvgIpc) is 2.89. The van der Waals surface area contributed by atoms with E-state index in [0.717, 1.165) is 18.8 Å². The van der Waals surface area contributed by atoms with Gasteiger partial charge in [-0.05, 0) is 32.6 Å². The van der Waals surface area contributed by atoms with Crippen molar-refractivity contribution in [2.45, 2.75) is 40.5 Å². The number of allylic oxidation sites excluding steroid dienone is 3. The Labute approximate surface area is 117 Å². The monoisotopic (exact) mass is 265 g/mol. The van der Waals surface area contributed by atoms with Crippen LogP contribution in [-0.2, 0) is 9.53 Å². The SMILES string of the molecule is CC=CC(C)C(C)C(=CC(=O)OCC)N1CCCC1. The number of carbonyl (C=O) groups is 1. The lowest BCUT2D eigenvalue weighted by Gasteiger charge is -2.29. The third-order valence-corrected chi connectivity index (χ3v) is 3.77. The first kappa shape index (κ1) is 15.8. The molecule has 0 saturated carbocycles. The van der Waals surface area contributed by atoms with Crippen molar-refractivity contribution in [3.05, 3.63) is 23.9 Å². The number of rotatable bonds is 6. The first-order valence-electron chi connectivity index (χ1n) is 7.36. The molecular formula is C16H27NO2. The third kappa shape index (κ3) is 4.73. The summed E-state index contributed by atoms with van der Waals surface area (Å²) in [7, 11) is 0. The van der Waals surface area contributed by atoms with Crippen LogP contribution in [0, 0.1) is 11.8 Å². The van der Waals surface area contributed by atoms with Crippen LogP contribution in [0.3, 0.4) is 0 Å². The summed E-state index contributed by atoms with van der Waals surface area (Å²) in [4.78, 5) is 14.1. The zero-order chi connectivity index (χ0) is 14.3. The Morgan fingerprint density at radius 1 is 1.32 bits per heavy atom. The number of nitrogens with zero attached hydrogens (tertiary/aromatic N) is 1. The predicted octanol–water partition coefficient (Wildman–Crippen LogP) is 3.38. The number of carbonyl (C=O) groups excluding carboxylic acids is 1. The molecule has 0 aliphatic carbocycles. The Morgan fingerprint density at radius 2 is 1.95 bits per heavy atom. The minimum Gasteiger partial charge on any atom is -0.463 e. The zero-order valence-corrected chi connectivity index (χ0v) is 12.7. The van der Waals surface area contributed by atoms with E-state index in [-0.39, 0.29) is 5.97 Å². The maximum atomic E-state index is 11.8. The summed E-state index contributed by atoms with van der Waals surface area (Å²) in [6.45, 7) is 10.8. The molecule has 19 heavy (non-hydrogen) atoms. The van der Waals surface area contributed by atoms with Gasteiger partial charge in [0.05, 0.1) is 6.61 Å². The van der Waals surface area contributed by atoms with Gasteiger partial charge in [-0.3, -0.25) is 0 Å². The molecule has 0 spiro atoms. The molecule has 0 aromatic rings. The van der Waals surface area contributed by atoms with Gasteiger partial charge in [-0.2, -0.15) is 0 Å². The molecular weight excluding hydrogens is 238 g/mol. The summed E-state index contributed by atoms with van der Waals surface area (Å²) in [6.07, 6.45) is 8.39. The second-order valence-corrected chi connectivity index (χ2v) is 5.19. The van der Waals surface area contributed by atoms with Crippen molar-refractivity contribution >= 4 is 5.97 Å². The van der Waals surface area contributed by atoms with Crippen molar-refractivity contribution in [1.29, 1.82) is 0 Å². The fourth-order valence-corrected chi connectivity index (χ4v) is 2.53. The molecule has 2 unspecified atom stereocenters. The minimum atomic E-state index is -0.219. The first-order valence-corrected chi connectivity index (χ1v) is 7.36. The highest BCUT2D eigenvalue weighted by molar-refractivity contribution is 5.82. The lowest BCUT2D eigenvalue weighted by Crippen LogP contribution is -2.27. The fourth-order valence-electron chi connectivity index (χ4n) is 2.53. The van der Waals surface area contributed by atoms with Crippen LogP contribution in [0.2, 0.25) is 0 Å². The summed E-state index contributed by atoms with van der Waals surface area (Å²) in [6, 6.07) is 0. The molecule has 1 saturated heterocycles. The number of esters is 1. The molecule has 108 valence electrons. The van der Waals surface area contributed by atoms with Gasteiger partial charge in [0.2, 0.25) is 0 Å². The smallest absolute Gasteiger partial charge is 0.332 e. The minimum absolute atomic E-state index is 0.219. The van der Waals surface area contributed by atoms with Crippen molar-refractivity contribution in [3.8, 4) is 0 Å². The lowest BCUT2D eigenvalue weighted by atomic mass is 9.91. The highest BCUT2D eigenvalue weighted by atomic mass is 16.5. The van der Waals surface area contributed by atoms with Crippen molar-refractivity contribution in [2.24, 2.45) is 11.8 Å². The van der Waals surface area contributed by atoms with E-state index in [1.807, 2.05) is 13.8 Å². The zero-order valence-electron chi connectivity index (χ0n) is 12.7. The molecule has 1 aliphatic heterocycles. The molecule has 1 fully saturated rings. The van der Waals surface area contributed by atoms with Crippen LogP contribution < -0.4 is 0 Å². The molecule has 1 heterocycles. The van der Waals surface area contributed by atoms with Gasteiger partial charge in [0.15, 0.2) is 0 Å². The third-order valence-electron chi connectivity index (χ3n) is 3.77. The maximum absolute atomic E-state index is 11.8. The second-order valence-electron chi connectivity index (χ2n) is 5.19. The average molecular weight is 265 g/mol. The van der Waals surface area contributed by atoms with E-state index in [2.05, 4.69) is 30.9 Å². The molecule has 2 atom stereocenters. The van der Waals surface area contributed by atoms with E-state index in [1.54, 1.807) is 6.08 Å². The second kappa shape index (κ2) is 8.03. The Balaban J connectivity index is 2.87. The Morgan fingerprint density at radius 3 is 2.47 bits per heavy atom. The van der Waals surface area contributed by atoms with E-state index in [1.165, 1.54) is 12.8 Å². The molecule has 1 aliphatic rings. The van der Waals surface area contributed by atoms with E-state index >= 15 is 0 Å². The van der Waals surface area contributed by atoms with Crippen LogP contribution in [0.1, 0.15) is 40.5 Å². The molecule has 0 aromatic carbocycles. The largest absolute Gasteiger partial charge is 0.463 e. The molecule has 0 aromatic heterocycles. The topological polar surface area (TPSA) is 29.5 Å². The van der Waals surface area contributed by atoms with Crippen LogP contribution in [0.15, 0.2) is 23.9 Å². The number of hydrogen-bond acceptors (Lipinski definition) is 3. The van der Waals surface area contributed by atoms with Gasteiger partial charge in [-0.1, -0.05) is 26.0 Å². The van der Waals surface area contributed by atoms with Crippen LogP contribution >= 0.6 is 0 Å². The molecule has 0 amide bonds. The lowest BCUT2D eigenvalue weighted by molar-refractivity contribution is -0.137. The number of ether oxygens (including phenoxy) is 1. The molecule has 1 rings (SSSR count). The van der Waals surface area contributed by atoms with E-state index < -0.39 is 0 Å². The molecule has 0 N–H and O–H groups in total. The van der Waals surface area contributed by atoms with Crippen LogP contribution in [-0.4, -0.2) is 30.6 Å². The van der Waals surface area contributed by atoms with E-state index in [9.17, 15) is 4.79 Å². The maximum Gasteiger partial charge on any atom is 0.332 e. The van der Waals surface area contributed by atoms with Crippen molar-refractivity contribution < 1.29 is 9.53 Å². The fraction of sp³-hybridized carbons (Fsp3) is 0.688. The summed E-state index contributed by atoms with van der Waals surface area (Å²) in [5.41, 5.74) is 1.13. The predicted molar refractivity (Wildman–Crippen MR) is 78.7 cm³/mol. The standard InChI is InChI=1S/C16H27NO2/c1-5-9-13(3)14(4)15(12-16(18)19-6-2)17-10-7-8-11-17/h5,9,12-14H,6-8,10-11H2,1-4H3. The van der Waals surface area contributed by atoms with Gasteiger partial charge in [0.25, 0.3) is 0 Å². The summed E-state index contributed by atoms with van der Waals surface area (Å²) in [5.74, 6) is 0.536. The Hall–Kier alpha value is -1.25.